The molecule has 1 atom stereocenters. The molecule has 1 N–H and O–H groups in total. The topological polar surface area (TPSA) is 54.3 Å². The first-order valence-electron chi connectivity index (χ1n) is 8.01. The first-order chi connectivity index (χ1) is 11.0. The predicted molar refractivity (Wildman–Crippen MR) is 95.6 cm³/mol. The third kappa shape index (κ3) is 3.79. The van der Waals surface area contributed by atoms with Crippen LogP contribution in [0.15, 0.2) is 18.3 Å². The van der Waals surface area contributed by atoms with Crippen LogP contribution in [-0.4, -0.2) is 31.4 Å². The van der Waals surface area contributed by atoms with Crippen LogP contribution in [0.5, 0.6) is 0 Å². The van der Waals surface area contributed by atoms with Gasteiger partial charge in [-0.15, -0.1) is 0 Å². The maximum atomic E-state index is 14.1. The maximum Gasteiger partial charge on any atom is 0.279 e. The summed E-state index contributed by atoms with van der Waals surface area (Å²) >= 11 is 0. The van der Waals surface area contributed by atoms with Gasteiger partial charge in [-0.25, -0.2) is 4.39 Å². The van der Waals surface area contributed by atoms with Crippen LogP contribution >= 0.6 is 0 Å². The number of halogens is 1. The van der Waals surface area contributed by atoms with Gasteiger partial charge in [-0.3, -0.25) is 0 Å². The third-order valence-corrected chi connectivity index (χ3v) is 5.64. The van der Waals surface area contributed by atoms with E-state index in [1.54, 1.807) is 13.8 Å². The molecule has 0 saturated carbocycles. The summed E-state index contributed by atoms with van der Waals surface area (Å²) in [6.07, 6.45) is 1.92. The number of hydrogen-bond donors (Lipinski definition) is 1. The number of aryl methyl sites for hydroxylation is 1. The van der Waals surface area contributed by atoms with E-state index in [0.29, 0.717) is 11.5 Å². The number of hydrogen-bond acceptors (Lipinski definition) is 2. The van der Waals surface area contributed by atoms with Crippen LogP contribution in [0, 0.1) is 18.7 Å². The molecule has 1 heterocycles. The molecule has 0 bridgehead atoms. The number of aromatic nitrogens is 1. The monoisotopic (exact) mass is 355 g/mol. The summed E-state index contributed by atoms with van der Waals surface area (Å²) in [6.45, 7) is 8.52. The highest BCUT2D eigenvalue weighted by Gasteiger charge is 2.22. The molecule has 134 valence electrons. The smallest absolute Gasteiger partial charge is 0.279 e. The van der Waals surface area contributed by atoms with Crippen molar-refractivity contribution in [2.75, 3.05) is 14.1 Å². The lowest BCUT2D eigenvalue weighted by molar-refractivity contribution is 0.494. The lowest BCUT2D eigenvalue weighted by Crippen LogP contribution is -2.37. The zero-order valence-corrected chi connectivity index (χ0v) is 15.9. The number of benzene rings is 1. The van der Waals surface area contributed by atoms with E-state index < -0.39 is 16.3 Å². The highest BCUT2D eigenvalue weighted by atomic mass is 32.2. The highest BCUT2D eigenvalue weighted by molar-refractivity contribution is 7.87. The van der Waals surface area contributed by atoms with Crippen molar-refractivity contribution in [2.24, 2.45) is 5.92 Å². The predicted octanol–water partition coefficient (Wildman–Crippen LogP) is 3.20. The van der Waals surface area contributed by atoms with Crippen molar-refractivity contribution < 1.29 is 12.8 Å². The molecular weight excluding hydrogens is 329 g/mol. The molecule has 5 nitrogen and oxygen atoms in total. The van der Waals surface area contributed by atoms with Crippen LogP contribution in [-0.2, 0) is 16.8 Å². The van der Waals surface area contributed by atoms with Crippen LogP contribution in [0.3, 0.4) is 0 Å². The van der Waals surface area contributed by atoms with E-state index >= 15 is 0 Å². The number of nitrogens with one attached hydrogen (secondary N) is 1. The third-order valence-electron chi connectivity index (χ3n) is 4.03. The van der Waals surface area contributed by atoms with Gasteiger partial charge in [0.25, 0.3) is 10.2 Å². The Hall–Kier alpha value is -1.44. The minimum Gasteiger partial charge on any atom is -0.347 e. The van der Waals surface area contributed by atoms with E-state index in [4.69, 9.17) is 0 Å². The minimum atomic E-state index is -3.57. The quantitative estimate of drug-likeness (QED) is 0.865. The van der Waals surface area contributed by atoms with Gasteiger partial charge in [0.1, 0.15) is 5.82 Å². The van der Waals surface area contributed by atoms with Crippen LogP contribution in [0.2, 0.25) is 0 Å². The van der Waals surface area contributed by atoms with Gasteiger partial charge in [0.2, 0.25) is 0 Å². The summed E-state index contributed by atoms with van der Waals surface area (Å²) in [7, 11) is -0.621. The van der Waals surface area contributed by atoms with Crippen LogP contribution in [0.1, 0.15) is 37.9 Å². The lowest BCUT2D eigenvalue weighted by atomic mass is 10.1. The van der Waals surface area contributed by atoms with Gasteiger partial charge >= 0.3 is 0 Å². The molecule has 0 spiro atoms. The molecule has 0 aliphatic carbocycles. The van der Waals surface area contributed by atoms with Crippen LogP contribution in [0.25, 0.3) is 10.9 Å². The summed E-state index contributed by atoms with van der Waals surface area (Å²) in [4.78, 5) is 0. The maximum absolute atomic E-state index is 14.1. The Kier molecular flexibility index (Phi) is 5.37. The summed E-state index contributed by atoms with van der Waals surface area (Å²) in [5, 5.41) is 0.743. The zero-order valence-electron chi connectivity index (χ0n) is 15.1. The highest BCUT2D eigenvalue weighted by Crippen LogP contribution is 2.30. The van der Waals surface area contributed by atoms with Gasteiger partial charge in [0.05, 0.1) is 0 Å². The van der Waals surface area contributed by atoms with Crippen molar-refractivity contribution in [1.29, 1.82) is 0 Å². The molecule has 0 saturated heterocycles. The Balaban J connectivity index is 2.55. The van der Waals surface area contributed by atoms with Crippen LogP contribution in [0.4, 0.5) is 4.39 Å². The Bertz CT molecular complexity index is 841. The van der Waals surface area contributed by atoms with E-state index in [1.165, 1.54) is 20.2 Å². The van der Waals surface area contributed by atoms with Crippen molar-refractivity contribution in [3.8, 4) is 0 Å². The lowest BCUT2D eigenvalue weighted by Gasteiger charge is -2.17. The molecule has 1 aromatic carbocycles. The van der Waals surface area contributed by atoms with E-state index in [-0.39, 0.29) is 5.82 Å². The minimum absolute atomic E-state index is 0.284. The summed E-state index contributed by atoms with van der Waals surface area (Å²) < 4.78 is 44.1. The first kappa shape index (κ1) is 18.9. The van der Waals surface area contributed by atoms with E-state index in [9.17, 15) is 12.8 Å². The van der Waals surface area contributed by atoms with E-state index in [1.807, 2.05) is 12.3 Å². The van der Waals surface area contributed by atoms with Crippen molar-refractivity contribution >= 4 is 21.1 Å². The first-order valence-corrected chi connectivity index (χ1v) is 9.45. The van der Waals surface area contributed by atoms with Gasteiger partial charge in [-0.05, 0) is 43.0 Å². The standard InChI is InChI=1S/C17H26FN3O2S/c1-11(2)9-21-10-15(13(4)19-24(22,23)20(5)6)14-8-16(18)12(3)7-17(14)21/h7-8,10-11,13,19H,9H2,1-6H3/t13-/m1/s1. The Morgan fingerprint density at radius 1 is 1.25 bits per heavy atom. The summed E-state index contributed by atoms with van der Waals surface area (Å²) in [6, 6.07) is 2.86. The fourth-order valence-corrected chi connectivity index (χ4v) is 3.51. The van der Waals surface area contributed by atoms with Crippen molar-refractivity contribution in [3.63, 3.8) is 0 Å². The van der Waals surface area contributed by atoms with Crippen molar-refractivity contribution in [2.45, 2.75) is 40.3 Å². The Labute approximate surface area is 143 Å². The summed E-state index contributed by atoms with van der Waals surface area (Å²) in [5.41, 5.74) is 2.28. The molecule has 0 aliphatic heterocycles. The molecule has 7 heteroatoms. The molecule has 0 amide bonds. The Morgan fingerprint density at radius 2 is 1.88 bits per heavy atom. The van der Waals surface area contributed by atoms with Crippen LogP contribution < -0.4 is 4.72 Å². The molecule has 24 heavy (non-hydrogen) atoms. The average molecular weight is 355 g/mol. The second kappa shape index (κ2) is 6.82. The van der Waals surface area contributed by atoms with Gasteiger partial charge in [-0.1, -0.05) is 13.8 Å². The fraction of sp³-hybridized carbons (Fsp3) is 0.529. The number of nitrogens with zero attached hydrogens (tertiary/aromatic N) is 2. The molecule has 0 aliphatic rings. The molecule has 0 unspecified atom stereocenters. The fourth-order valence-electron chi connectivity index (χ4n) is 2.72. The van der Waals surface area contributed by atoms with Gasteiger partial charge in [-0.2, -0.15) is 17.4 Å². The number of fused-ring (bicyclic) bond motifs is 1. The van der Waals surface area contributed by atoms with E-state index in [2.05, 4.69) is 23.1 Å². The molecule has 1 aromatic heterocycles. The van der Waals surface area contributed by atoms with Crippen molar-refractivity contribution in [3.05, 3.63) is 35.3 Å². The molecule has 2 aromatic rings. The van der Waals surface area contributed by atoms with Gasteiger partial charge in [0, 0.05) is 43.8 Å². The van der Waals surface area contributed by atoms with Crippen molar-refractivity contribution in [1.82, 2.24) is 13.6 Å². The SMILES string of the molecule is Cc1cc2c(cc1F)c([C@@H](C)NS(=O)(=O)N(C)C)cn2CC(C)C. The molecular formula is C17H26FN3O2S. The molecule has 2 rings (SSSR count). The average Bonchev–Trinajstić information content (AvgIpc) is 2.76. The second-order valence-corrected chi connectivity index (χ2v) is 8.79. The normalized spacial score (nSPS) is 14.0. The Morgan fingerprint density at radius 3 is 2.42 bits per heavy atom. The number of rotatable bonds is 6. The largest absolute Gasteiger partial charge is 0.347 e. The molecule has 0 fully saturated rings. The van der Waals surface area contributed by atoms with Gasteiger partial charge in [0.15, 0.2) is 0 Å². The van der Waals surface area contributed by atoms with E-state index in [0.717, 1.165) is 27.3 Å². The van der Waals surface area contributed by atoms with Gasteiger partial charge < -0.3 is 4.57 Å². The second-order valence-electron chi connectivity index (χ2n) is 6.88. The zero-order chi connectivity index (χ0) is 18.2. The summed E-state index contributed by atoms with van der Waals surface area (Å²) in [5.74, 6) is 0.140. The molecule has 0 radical (unpaired) electrons.